The first-order chi connectivity index (χ1) is 9.80. The zero-order valence-corrected chi connectivity index (χ0v) is 12.6. The Kier molecular flexibility index (Phi) is 4.35. The van der Waals surface area contributed by atoms with Crippen LogP contribution >= 0.6 is 23.5 Å². The molecule has 0 spiro atoms. The van der Waals surface area contributed by atoms with Crippen molar-refractivity contribution in [3.8, 4) is 0 Å². The minimum absolute atomic E-state index is 0.185. The number of hydrogen-bond acceptors (Lipinski definition) is 8. The van der Waals surface area contributed by atoms with Crippen molar-refractivity contribution in [3.05, 3.63) is 24.6 Å². The Morgan fingerprint density at radius 1 is 0.900 bits per heavy atom. The summed E-state index contributed by atoms with van der Waals surface area (Å²) in [5, 5.41) is 1.13. The maximum absolute atomic E-state index is 6.07. The molecule has 1 fully saturated rings. The van der Waals surface area contributed by atoms with Gasteiger partial charge in [0.05, 0.1) is 14.2 Å². The summed E-state index contributed by atoms with van der Waals surface area (Å²) in [4.78, 5) is 8.35. The van der Waals surface area contributed by atoms with Crippen LogP contribution in [-0.4, -0.2) is 47.8 Å². The molecule has 108 valence electrons. The van der Waals surface area contributed by atoms with Crippen LogP contribution in [0.5, 0.6) is 0 Å². The summed E-state index contributed by atoms with van der Waals surface area (Å²) >= 11 is 2.82. The van der Waals surface area contributed by atoms with E-state index in [4.69, 9.17) is 18.9 Å². The number of thioether (sulfide) groups is 2. The van der Waals surface area contributed by atoms with Gasteiger partial charge < -0.3 is 18.9 Å². The van der Waals surface area contributed by atoms with Gasteiger partial charge in [0.1, 0.15) is 23.1 Å². The van der Waals surface area contributed by atoms with Crippen molar-refractivity contribution in [2.45, 2.75) is 23.1 Å². The van der Waals surface area contributed by atoms with Crippen molar-refractivity contribution in [3.63, 3.8) is 0 Å². The normalized spacial score (nSPS) is 35.9. The van der Waals surface area contributed by atoms with Crippen LogP contribution in [0.25, 0.3) is 0 Å². The molecule has 3 aliphatic heterocycles. The number of nitrogens with zero attached hydrogens (tertiary/aromatic N) is 2. The fourth-order valence-electron chi connectivity index (χ4n) is 1.89. The van der Waals surface area contributed by atoms with E-state index in [1.807, 2.05) is 12.2 Å². The molecule has 0 bridgehead atoms. The number of aliphatic imine (C=N–C) groups is 2. The van der Waals surface area contributed by atoms with Crippen LogP contribution in [0.4, 0.5) is 0 Å². The Balaban J connectivity index is 1.76. The van der Waals surface area contributed by atoms with E-state index in [0.29, 0.717) is 10.5 Å². The molecule has 3 rings (SSSR count). The fraction of sp³-hybridized carbons (Fsp3) is 0.500. The van der Waals surface area contributed by atoms with Gasteiger partial charge in [-0.1, -0.05) is 0 Å². The van der Waals surface area contributed by atoms with Crippen LogP contribution in [0.2, 0.25) is 0 Å². The highest BCUT2D eigenvalue weighted by molar-refractivity contribution is 8.14. The quantitative estimate of drug-likeness (QED) is 0.681. The van der Waals surface area contributed by atoms with Gasteiger partial charge in [-0.05, 0) is 35.7 Å². The molecule has 4 atom stereocenters. The third-order valence-corrected chi connectivity index (χ3v) is 4.98. The molecule has 0 unspecified atom stereocenters. The highest BCUT2D eigenvalue weighted by atomic mass is 32.2. The van der Waals surface area contributed by atoms with E-state index in [0.717, 1.165) is 0 Å². The summed E-state index contributed by atoms with van der Waals surface area (Å²) in [5.41, 5.74) is -0.383. The van der Waals surface area contributed by atoms with Gasteiger partial charge in [-0.15, -0.1) is 0 Å². The lowest BCUT2D eigenvalue weighted by Crippen LogP contribution is -2.45. The zero-order chi connectivity index (χ0) is 13.9. The Bertz CT molecular complexity index is 448. The molecule has 0 N–H and O–H groups in total. The SMILES string of the molecule is COC1=NC=C[C@@H]2O[C@@H]3SC(OC)=NC=C[C@@H]3O[C@@H]2S1. The second-order valence-electron chi connectivity index (χ2n) is 4.06. The summed E-state index contributed by atoms with van der Waals surface area (Å²) in [6.07, 6.45) is 6.74. The lowest BCUT2D eigenvalue weighted by molar-refractivity contribution is -0.128. The Labute approximate surface area is 125 Å². The van der Waals surface area contributed by atoms with Crippen molar-refractivity contribution >= 4 is 34.0 Å². The lowest BCUT2D eigenvalue weighted by Gasteiger charge is -2.37. The van der Waals surface area contributed by atoms with Crippen molar-refractivity contribution < 1.29 is 18.9 Å². The average Bonchev–Trinajstić information content (AvgIpc) is 2.78. The maximum Gasteiger partial charge on any atom is 0.252 e. The predicted molar refractivity (Wildman–Crippen MR) is 79.7 cm³/mol. The largest absolute Gasteiger partial charge is 0.476 e. The first kappa shape index (κ1) is 14.0. The molecule has 8 heteroatoms. The van der Waals surface area contributed by atoms with Crippen LogP contribution in [0.3, 0.4) is 0 Å². The molecule has 0 amide bonds. The van der Waals surface area contributed by atoms with E-state index in [-0.39, 0.29) is 23.1 Å². The third-order valence-electron chi connectivity index (χ3n) is 2.81. The Morgan fingerprint density at radius 3 is 1.75 bits per heavy atom. The first-order valence-electron chi connectivity index (χ1n) is 6.01. The van der Waals surface area contributed by atoms with Gasteiger partial charge in [0.15, 0.2) is 0 Å². The minimum atomic E-state index is -0.192. The van der Waals surface area contributed by atoms with Gasteiger partial charge in [-0.2, -0.15) is 0 Å². The second-order valence-corrected chi connectivity index (χ2v) is 6.15. The fourth-order valence-corrected chi connectivity index (χ4v) is 3.67. The lowest BCUT2D eigenvalue weighted by atomic mass is 10.2. The Morgan fingerprint density at radius 2 is 1.35 bits per heavy atom. The molecule has 1 saturated heterocycles. The van der Waals surface area contributed by atoms with Gasteiger partial charge in [-0.25, -0.2) is 9.98 Å². The third kappa shape index (κ3) is 2.88. The summed E-state index contributed by atoms with van der Waals surface area (Å²) in [6, 6.07) is 0. The second kappa shape index (κ2) is 6.21. The number of ether oxygens (including phenoxy) is 4. The monoisotopic (exact) mass is 314 g/mol. The highest BCUT2D eigenvalue weighted by Crippen LogP contribution is 2.37. The van der Waals surface area contributed by atoms with Crippen molar-refractivity contribution in [1.82, 2.24) is 0 Å². The van der Waals surface area contributed by atoms with E-state index < -0.39 is 0 Å². The molecule has 0 aromatic rings. The van der Waals surface area contributed by atoms with Gasteiger partial charge in [0, 0.05) is 12.4 Å². The molecule has 20 heavy (non-hydrogen) atoms. The molecule has 0 aromatic carbocycles. The number of hydrogen-bond donors (Lipinski definition) is 0. The van der Waals surface area contributed by atoms with Crippen molar-refractivity contribution in [2.24, 2.45) is 9.98 Å². The number of rotatable bonds is 0. The van der Waals surface area contributed by atoms with Crippen LogP contribution < -0.4 is 0 Å². The molecule has 6 nitrogen and oxygen atoms in total. The molecule has 0 aromatic heterocycles. The Hall–Kier alpha value is -0.960. The van der Waals surface area contributed by atoms with E-state index >= 15 is 0 Å². The minimum Gasteiger partial charge on any atom is -0.476 e. The van der Waals surface area contributed by atoms with Crippen LogP contribution in [0, 0.1) is 0 Å². The zero-order valence-electron chi connectivity index (χ0n) is 11.0. The average molecular weight is 314 g/mol. The van der Waals surface area contributed by atoms with Gasteiger partial charge in [-0.3, -0.25) is 0 Å². The molecule has 0 radical (unpaired) electrons. The highest BCUT2D eigenvalue weighted by Gasteiger charge is 2.40. The van der Waals surface area contributed by atoms with E-state index in [1.165, 1.54) is 23.5 Å². The van der Waals surface area contributed by atoms with E-state index in [2.05, 4.69) is 9.98 Å². The summed E-state index contributed by atoms with van der Waals surface area (Å²) in [7, 11) is 3.18. The van der Waals surface area contributed by atoms with Crippen LogP contribution in [-0.2, 0) is 18.9 Å². The number of fused-ring (bicyclic) bond motifs is 2. The molecular formula is C12H14N2O4S2. The number of methoxy groups -OCH3 is 2. The molecule has 0 aliphatic carbocycles. The van der Waals surface area contributed by atoms with Gasteiger partial charge in [0.2, 0.25) is 0 Å². The molecule has 3 aliphatic rings. The smallest absolute Gasteiger partial charge is 0.252 e. The molecule has 3 heterocycles. The van der Waals surface area contributed by atoms with Crippen molar-refractivity contribution in [1.29, 1.82) is 0 Å². The first-order valence-corrected chi connectivity index (χ1v) is 7.77. The van der Waals surface area contributed by atoms with Crippen molar-refractivity contribution in [2.75, 3.05) is 14.2 Å². The molecular weight excluding hydrogens is 300 g/mol. The van der Waals surface area contributed by atoms with E-state index in [1.54, 1.807) is 26.6 Å². The topological polar surface area (TPSA) is 61.6 Å². The van der Waals surface area contributed by atoms with E-state index in [9.17, 15) is 0 Å². The van der Waals surface area contributed by atoms with Crippen LogP contribution in [0.15, 0.2) is 34.5 Å². The summed E-state index contributed by atoms with van der Waals surface area (Å²) in [5.74, 6) is 0. The van der Waals surface area contributed by atoms with Gasteiger partial charge >= 0.3 is 0 Å². The van der Waals surface area contributed by atoms with Crippen LogP contribution in [0.1, 0.15) is 0 Å². The summed E-state index contributed by atoms with van der Waals surface area (Å²) < 4.78 is 22.5. The summed E-state index contributed by atoms with van der Waals surface area (Å²) in [6.45, 7) is 0. The maximum atomic E-state index is 6.07. The van der Waals surface area contributed by atoms with Gasteiger partial charge in [0.25, 0.3) is 10.5 Å². The standard InChI is InChI=1S/C12H14N2O4S2/c1-15-11-13-5-3-7-9(19-11)17-8-4-6-14-12(16-2)20-10(8)18-7/h3-10H,1-2H3/t7-,8-,9+,10+/m0/s1. The molecule has 0 saturated carbocycles. The predicted octanol–water partition coefficient (Wildman–Crippen LogP) is 1.95.